The molecule has 1 aliphatic rings. The molecule has 0 fully saturated rings. The summed E-state index contributed by atoms with van der Waals surface area (Å²) in [5.41, 5.74) is 2.34. The second-order valence-corrected chi connectivity index (χ2v) is 10.2. The minimum atomic E-state index is -0.411. The van der Waals surface area contributed by atoms with Crippen LogP contribution in [0.15, 0.2) is 29.3 Å². The summed E-state index contributed by atoms with van der Waals surface area (Å²) in [6.45, 7) is 6.04. The standard InChI is InChI=1S/C30H52N2O/c1-3-4-5-6-7-8-9-10-11-12-13-14-15-16-17-21-28(30-31-23-24-32-30)25-27-20-18-19-22-29(27)26(2)33/h18-20,22,26,28,33H,3-17,21,23-25H2,1-2H3,(H,31,32). The Morgan fingerprint density at radius 1 is 0.818 bits per heavy atom. The molecule has 2 N–H and O–H groups in total. The number of benzene rings is 1. The van der Waals surface area contributed by atoms with Crippen molar-refractivity contribution in [3.05, 3.63) is 35.4 Å². The van der Waals surface area contributed by atoms with E-state index in [0.717, 1.165) is 25.1 Å². The van der Waals surface area contributed by atoms with Gasteiger partial charge in [0.2, 0.25) is 0 Å². The molecule has 33 heavy (non-hydrogen) atoms. The Balaban J connectivity index is 1.55. The van der Waals surface area contributed by atoms with Gasteiger partial charge in [-0.15, -0.1) is 0 Å². The lowest BCUT2D eigenvalue weighted by atomic mass is 9.89. The van der Waals surface area contributed by atoms with E-state index in [9.17, 15) is 5.11 Å². The van der Waals surface area contributed by atoms with E-state index in [2.05, 4.69) is 30.4 Å². The maximum Gasteiger partial charge on any atom is 0.0999 e. The summed E-state index contributed by atoms with van der Waals surface area (Å²) >= 11 is 0. The Labute approximate surface area is 204 Å². The smallest absolute Gasteiger partial charge is 0.0999 e. The van der Waals surface area contributed by atoms with E-state index in [1.54, 1.807) is 0 Å². The molecule has 2 unspecified atom stereocenters. The first-order chi connectivity index (χ1) is 16.2. The molecule has 1 aromatic rings. The molecule has 0 amide bonds. The Morgan fingerprint density at radius 2 is 1.36 bits per heavy atom. The van der Waals surface area contributed by atoms with Crippen molar-refractivity contribution in [2.24, 2.45) is 10.9 Å². The van der Waals surface area contributed by atoms with Gasteiger partial charge in [0.15, 0.2) is 0 Å². The lowest BCUT2D eigenvalue weighted by molar-refractivity contribution is 0.198. The molecular formula is C30H52N2O. The van der Waals surface area contributed by atoms with Gasteiger partial charge in [-0.2, -0.15) is 0 Å². The third-order valence-electron chi connectivity index (χ3n) is 7.21. The first-order valence-electron chi connectivity index (χ1n) is 14.3. The second-order valence-electron chi connectivity index (χ2n) is 10.2. The molecular weight excluding hydrogens is 404 g/mol. The zero-order chi connectivity index (χ0) is 23.6. The van der Waals surface area contributed by atoms with Gasteiger partial charge in [0, 0.05) is 12.5 Å². The van der Waals surface area contributed by atoms with Crippen molar-refractivity contribution in [3.8, 4) is 0 Å². The minimum Gasteiger partial charge on any atom is -0.389 e. The Morgan fingerprint density at radius 3 is 1.88 bits per heavy atom. The van der Waals surface area contributed by atoms with Gasteiger partial charge in [-0.3, -0.25) is 4.99 Å². The highest BCUT2D eigenvalue weighted by Crippen LogP contribution is 2.24. The number of aliphatic hydroxyl groups excluding tert-OH is 1. The van der Waals surface area contributed by atoms with Crippen LogP contribution in [0.4, 0.5) is 0 Å². The maximum absolute atomic E-state index is 10.2. The van der Waals surface area contributed by atoms with Crippen LogP contribution in [0.25, 0.3) is 0 Å². The number of aliphatic hydroxyl groups is 1. The van der Waals surface area contributed by atoms with E-state index in [-0.39, 0.29) is 0 Å². The molecule has 0 spiro atoms. The lowest BCUT2D eigenvalue weighted by Crippen LogP contribution is -2.29. The molecule has 2 atom stereocenters. The van der Waals surface area contributed by atoms with Crippen LogP contribution in [-0.4, -0.2) is 24.0 Å². The summed E-state index contributed by atoms with van der Waals surface area (Å²) < 4.78 is 0. The molecule has 0 saturated heterocycles. The predicted octanol–water partition coefficient (Wildman–Crippen LogP) is 8.16. The third-order valence-corrected chi connectivity index (χ3v) is 7.21. The highest BCUT2D eigenvalue weighted by Gasteiger charge is 2.21. The normalized spacial score (nSPS) is 15.3. The second kappa shape index (κ2) is 18.0. The summed E-state index contributed by atoms with van der Waals surface area (Å²) in [6.07, 6.45) is 22.9. The molecule has 3 heteroatoms. The van der Waals surface area contributed by atoms with Crippen LogP contribution >= 0.6 is 0 Å². The van der Waals surface area contributed by atoms with Gasteiger partial charge in [-0.05, 0) is 30.9 Å². The Bertz CT molecular complexity index is 640. The number of unbranched alkanes of at least 4 members (excludes halogenated alkanes) is 14. The van der Waals surface area contributed by atoms with Crippen LogP contribution in [0.5, 0.6) is 0 Å². The Kier molecular flexibility index (Phi) is 15.2. The van der Waals surface area contributed by atoms with Crippen LogP contribution in [0.1, 0.15) is 134 Å². The monoisotopic (exact) mass is 456 g/mol. The molecule has 0 bridgehead atoms. The molecule has 0 aliphatic carbocycles. The molecule has 0 aromatic heterocycles. The van der Waals surface area contributed by atoms with Crippen molar-refractivity contribution in [3.63, 3.8) is 0 Å². The average molecular weight is 457 g/mol. The zero-order valence-electron chi connectivity index (χ0n) is 21.8. The SMILES string of the molecule is CCCCCCCCCCCCCCCCCC(Cc1ccccc1C(C)O)C1=NCCN1. The van der Waals surface area contributed by atoms with Crippen LogP contribution in [0.3, 0.4) is 0 Å². The summed E-state index contributed by atoms with van der Waals surface area (Å²) in [6, 6.07) is 8.36. The van der Waals surface area contributed by atoms with Crippen LogP contribution in [0, 0.1) is 5.92 Å². The van der Waals surface area contributed by atoms with Gasteiger partial charge in [-0.25, -0.2) is 0 Å². The van der Waals surface area contributed by atoms with Crippen molar-refractivity contribution in [1.82, 2.24) is 5.32 Å². The molecule has 0 radical (unpaired) electrons. The van der Waals surface area contributed by atoms with Crippen molar-refractivity contribution in [1.29, 1.82) is 0 Å². The van der Waals surface area contributed by atoms with Crippen molar-refractivity contribution >= 4 is 5.84 Å². The summed E-state index contributed by atoms with van der Waals surface area (Å²) in [4.78, 5) is 4.74. The number of nitrogens with zero attached hydrogens (tertiary/aromatic N) is 1. The van der Waals surface area contributed by atoms with E-state index < -0.39 is 6.10 Å². The fourth-order valence-electron chi connectivity index (χ4n) is 5.18. The molecule has 1 aliphatic heterocycles. The lowest BCUT2D eigenvalue weighted by Gasteiger charge is -2.20. The quantitative estimate of drug-likeness (QED) is 0.194. The highest BCUT2D eigenvalue weighted by atomic mass is 16.3. The van der Waals surface area contributed by atoms with E-state index in [4.69, 9.17) is 4.99 Å². The van der Waals surface area contributed by atoms with E-state index in [1.807, 2.05) is 13.0 Å². The van der Waals surface area contributed by atoms with Gasteiger partial charge in [-0.1, -0.05) is 128 Å². The fraction of sp³-hybridized carbons (Fsp3) is 0.767. The summed E-state index contributed by atoms with van der Waals surface area (Å²) in [5.74, 6) is 1.65. The van der Waals surface area contributed by atoms with Crippen molar-refractivity contribution in [2.45, 2.75) is 129 Å². The molecule has 1 aromatic carbocycles. The molecule has 1 heterocycles. The molecule has 0 saturated carbocycles. The van der Waals surface area contributed by atoms with Crippen LogP contribution < -0.4 is 5.32 Å². The fourth-order valence-corrected chi connectivity index (χ4v) is 5.18. The zero-order valence-corrected chi connectivity index (χ0v) is 21.8. The number of nitrogens with one attached hydrogen (secondary N) is 1. The minimum absolute atomic E-state index is 0.411. The average Bonchev–Trinajstić information content (AvgIpc) is 3.36. The van der Waals surface area contributed by atoms with Crippen molar-refractivity contribution in [2.75, 3.05) is 13.1 Å². The van der Waals surface area contributed by atoms with E-state index in [1.165, 1.54) is 114 Å². The maximum atomic E-state index is 10.2. The molecule has 2 rings (SSSR count). The topological polar surface area (TPSA) is 44.6 Å². The third kappa shape index (κ3) is 12.1. The van der Waals surface area contributed by atoms with Gasteiger partial charge in [0.25, 0.3) is 0 Å². The molecule has 3 nitrogen and oxygen atoms in total. The van der Waals surface area contributed by atoms with E-state index in [0.29, 0.717) is 5.92 Å². The number of amidine groups is 1. The van der Waals surface area contributed by atoms with Gasteiger partial charge >= 0.3 is 0 Å². The highest BCUT2D eigenvalue weighted by molar-refractivity contribution is 5.86. The van der Waals surface area contributed by atoms with Crippen molar-refractivity contribution < 1.29 is 5.11 Å². The largest absolute Gasteiger partial charge is 0.389 e. The number of aliphatic imine (C=N–C) groups is 1. The predicted molar refractivity (Wildman–Crippen MR) is 144 cm³/mol. The van der Waals surface area contributed by atoms with E-state index >= 15 is 0 Å². The van der Waals surface area contributed by atoms with Crippen LogP contribution in [-0.2, 0) is 6.42 Å². The van der Waals surface area contributed by atoms with Gasteiger partial charge < -0.3 is 10.4 Å². The van der Waals surface area contributed by atoms with Crippen LogP contribution in [0.2, 0.25) is 0 Å². The first kappa shape index (κ1) is 27.9. The van der Waals surface area contributed by atoms with Gasteiger partial charge in [0.05, 0.1) is 18.5 Å². The number of hydrogen-bond acceptors (Lipinski definition) is 3. The van der Waals surface area contributed by atoms with Gasteiger partial charge in [0.1, 0.15) is 0 Å². The number of hydrogen-bond donors (Lipinski definition) is 2. The summed E-state index contributed by atoms with van der Waals surface area (Å²) in [5, 5.41) is 13.7. The summed E-state index contributed by atoms with van der Waals surface area (Å²) in [7, 11) is 0. The first-order valence-corrected chi connectivity index (χ1v) is 14.3. The molecule has 188 valence electrons. The number of rotatable bonds is 20. The Hall–Kier alpha value is -1.35.